The molecule has 0 radical (unpaired) electrons. The first kappa shape index (κ1) is 19.2. The van der Waals surface area contributed by atoms with Crippen LogP contribution in [0.3, 0.4) is 0 Å². The number of amides is 2. The van der Waals surface area contributed by atoms with Crippen molar-refractivity contribution in [2.45, 2.75) is 24.3 Å². The number of hydrogen-bond donors (Lipinski definition) is 2. The van der Waals surface area contributed by atoms with E-state index in [1.807, 2.05) is 30.5 Å². The van der Waals surface area contributed by atoms with E-state index in [1.54, 1.807) is 21.6 Å². The Balaban J connectivity index is 2.23. The standard InChI is InChI=1S/C14H18N2O5S2/c1-20-13(18)8-7-12(17)15-16-14(19)21-9-10-3-5-11(6-4-10)23-22-2/h3-6H,7-9H2,1-2H3,(H,15,17)(H,16,19). The van der Waals surface area contributed by atoms with Crippen LogP contribution in [0.2, 0.25) is 0 Å². The van der Waals surface area contributed by atoms with Crippen LogP contribution in [-0.4, -0.2) is 31.3 Å². The summed E-state index contributed by atoms with van der Waals surface area (Å²) in [7, 11) is 4.53. The Bertz CT molecular complexity index is 536. The molecule has 0 aliphatic carbocycles. The Morgan fingerprint density at radius 1 is 1.09 bits per heavy atom. The van der Waals surface area contributed by atoms with Crippen molar-refractivity contribution in [1.29, 1.82) is 0 Å². The van der Waals surface area contributed by atoms with E-state index in [2.05, 4.69) is 15.6 Å². The van der Waals surface area contributed by atoms with Gasteiger partial charge in [0.1, 0.15) is 6.61 Å². The maximum absolute atomic E-state index is 11.4. The van der Waals surface area contributed by atoms with Crippen molar-refractivity contribution in [3.63, 3.8) is 0 Å². The molecule has 0 heterocycles. The quantitative estimate of drug-likeness (QED) is 0.439. The summed E-state index contributed by atoms with van der Waals surface area (Å²) in [5.41, 5.74) is 5.09. The van der Waals surface area contributed by atoms with Gasteiger partial charge in [0.25, 0.3) is 0 Å². The van der Waals surface area contributed by atoms with E-state index < -0.39 is 18.0 Å². The summed E-state index contributed by atoms with van der Waals surface area (Å²) < 4.78 is 9.36. The number of ether oxygens (including phenoxy) is 2. The van der Waals surface area contributed by atoms with Gasteiger partial charge in [0.15, 0.2) is 0 Å². The summed E-state index contributed by atoms with van der Waals surface area (Å²) in [6.45, 7) is 0.0913. The molecular formula is C14H18N2O5S2. The van der Waals surface area contributed by atoms with Gasteiger partial charge in [0, 0.05) is 11.3 Å². The third kappa shape index (κ3) is 8.36. The third-order valence-corrected chi connectivity index (χ3v) is 4.27. The fourth-order valence-electron chi connectivity index (χ4n) is 1.42. The molecule has 1 rings (SSSR count). The second-order valence-electron chi connectivity index (χ2n) is 4.22. The Hall–Kier alpha value is -1.87. The van der Waals surface area contributed by atoms with Crippen molar-refractivity contribution in [3.8, 4) is 0 Å². The highest BCUT2D eigenvalue weighted by molar-refractivity contribution is 8.76. The first-order valence-electron chi connectivity index (χ1n) is 6.63. The van der Waals surface area contributed by atoms with Gasteiger partial charge in [-0.3, -0.25) is 15.0 Å². The second kappa shape index (κ2) is 10.8. The molecule has 2 amide bonds. The topological polar surface area (TPSA) is 93.7 Å². The lowest BCUT2D eigenvalue weighted by Crippen LogP contribution is -2.41. The number of esters is 1. The minimum Gasteiger partial charge on any atom is -0.469 e. The van der Waals surface area contributed by atoms with Crippen molar-refractivity contribution >= 4 is 39.6 Å². The average Bonchev–Trinajstić information content (AvgIpc) is 2.57. The molecule has 7 nitrogen and oxygen atoms in total. The summed E-state index contributed by atoms with van der Waals surface area (Å²) in [4.78, 5) is 34.8. The molecule has 9 heteroatoms. The lowest BCUT2D eigenvalue weighted by atomic mass is 10.2. The van der Waals surface area contributed by atoms with Crippen LogP contribution in [0.5, 0.6) is 0 Å². The van der Waals surface area contributed by atoms with Crippen LogP contribution in [-0.2, 0) is 25.7 Å². The van der Waals surface area contributed by atoms with Gasteiger partial charge in [0.05, 0.1) is 13.5 Å². The van der Waals surface area contributed by atoms with Crippen LogP contribution < -0.4 is 10.9 Å². The number of rotatable bonds is 7. The number of nitrogens with one attached hydrogen (secondary N) is 2. The zero-order chi connectivity index (χ0) is 17.1. The molecule has 1 aromatic carbocycles. The first-order valence-corrected chi connectivity index (χ1v) is 9.19. The number of methoxy groups -OCH3 is 1. The smallest absolute Gasteiger partial charge is 0.426 e. The van der Waals surface area contributed by atoms with Gasteiger partial charge >= 0.3 is 12.1 Å². The molecule has 23 heavy (non-hydrogen) atoms. The summed E-state index contributed by atoms with van der Waals surface area (Å²) >= 11 is 0. The molecule has 0 saturated carbocycles. The largest absolute Gasteiger partial charge is 0.469 e. The van der Waals surface area contributed by atoms with Crippen molar-refractivity contribution in [2.75, 3.05) is 13.4 Å². The Morgan fingerprint density at radius 2 is 1.78 bits per heavy atom. The summed E-state index contributed by atoms with van der Waals surface area (Å²) in [5, 5.41) is 0. The van der Waals surface area contributed by atoms with E-state index in [4.69, 9.17) is 4.74 Å². The average molecular weight is 358 g/mol. The van der Waals surface area contributed by atoms with Crippen molar-refractivity contribution in [2.24, 2.45) is 0 Å². The van der Waals surface area contributed by atoms with E-state index in [1.165, 1.54) is 7.11 Å². The van der Waals surface area contributed by atoms with Gasteiger partial charge in [-0.15, -0.1) is 0 Å². The number of benzene rings is 1. The van der Waals surface area contributed by atoms with E-state index >= 15 is 0 Å². The molecule has 126 valence electrons. The normalized spacial score (nSPS) is 9.83. The molecule has 0 unspecified atom stereocenters. The molecule has 0 aliphatic rings. The minimum atomic E-state index is -0.779. The van der Waals surface area contributed by atoms with Crippen molar-refractivity contribution < 1.29 is 23.9 Å². The Morgan fingerprint density at radius 3 is 2.39 bits per heavy atom. The van der Waals surface area contributed by atoms with Crippen LogP contribution in [0.25, 0.3) is 0 Å². The molecule has 1 aromatic rings. The predicted molar refractivity (Wildman–Crippen MR) is 88.5 cm³/mol. The number of hydrogen-bond acceptors (Lipinski definition) is 7. The zero-order valence-corrected chi connectivity index (χ0v) is 14.4. The minimum absolute atomic E-state index is 0.0561. The first-order chi connectivity index (χ1) is 11.0. The Labute approximate surface area is 142 Å². The molecule has 0 aromatic heterocycles. The van der Waals surface area contributed by atoms with E-state index in [9.17, 15) is 14.4 Å². The molecule has 2 N–H and O–H groups in total. The van der Waals surface area contributed by atoms with E-state index in [-0.39, 0.29) is 19.4 Å². The number of carbonyl (C=O) groups excluding carboxylic acids is 3. The number of carbonyl (C=O) groups is 3. The van der Waals surface area contributed by atoms with Crippen molar-refractivity contribution in [3.05, 3.63) is 29.8 Å². The zero-order valence-electron chi connectivity index (χ0n) is 12.8. The maximum atomic E-state index is 11.4. The van der Waals surface area contributed by atoms with Crippen LogP contribution in [0, 0.1) is 0 Å². The predicted octanol–water partition coefficient (Wildman–Crippen LogP) is 2.27. The fourth-order valence-corrected chi connectivity index (χ4v) is 2.77. The molecule has 0 bridgehead atoms. The molecule has 0 spiro atoms. The number of hydrazine groups is 1. The van der Waals surface area contributed by atoms with Gasteiger partial charge in [-0.25, -0.2) is 10.2 Å². The van der Waals surface area contributed by atoms with Crippen LogP contribution in [0.1, 0.15) is 18.4 Å². The van der Waals surface area contributed by atoms with E-state index in [0.29, 0.717) is 0 Å². The molecule has 0 aliphatic heterocycles. The fraction of sp³-hybridized carbons (Fsp3) is 0.357. The summed E-state index contributed by atoms with van der Waals surface area (Å²) in [6, 6.07) is 7.60. The SMILES string of the molecule is COC(=O)CCC(=O)NNC(=O)OCc1ccc(SSC)cc1. The van der Waals surface area contributed by atoms with Gasteiger partial charge in [0.2, 0.25) is 5.91 Å². The summed E-state index contributed by atoms with van der Waals surface area (Å²) in [6.07, 6.45) is 1.07. The van der Waals surface area contributed by atoms with Crippen LogP contribution >= 0.6 is 21.6 Å². The molecule has 0 saturated heterocycles. The second-order valence-corrected chi connectivity index (χ2v) is 6.69. The third-order valence-electron chi connectivity index (χ3n) is 2.56. The van der Waals surface area contributed by atoms with Crippen molar-refractivity contribution in [1.82, 2.24) is 10.9 Å². The van der Waals surface area contributed by atoms with E-state index in [0.717, 1.165) is 10.5 Å². The monoisotopic (exact) mass is 358 g/mol. The van der Waals surface area contributed by atoms with Crippen LogP contribution in [0.4, 0.5) is 4.79 Å². The van der Waals surface area contributed by atoms with Gasteiger partial charge in [-0.1, -0.05) is 33.7 Å². The maximum Gasteiger partial charge on any atom is 0.426 e. The van der Waals surface area contributed by atoms with Crippen LogP contribution in [0.15, 0.2) is 29.2 Å². The molecule has 0 atom stereocenters. The van der Waals surface area contributed by atoms with Gasteiger partial charge in [-0.2, -0.15) is 0 Å². The highest BCUT2D eigenvalue weighted by Crippen LogP contribution is 2.28. The van der Waals surface area contributed by atoms with Gasteiger partial charge in [-0.05, 0) is 24.0 Å². The highest BCUT2D eigenvalue weighted by atomic mass is 33.1. The molecule has 0 fully saturated rings. The highest BCUT2D eigenvalue weighted by Gasteiger charge is 2.08. The molecular weight excluding hydrogens is 340 g/mol. The van der Waals surface area contributed by atoms with Gasteiger partial charge < -0.3 is 9.47 Å². The lowest BCUT2D eigenvalue weighted by molar-refractivity contribution is -0.142. The lowest BCUT2D eigenvalue weighted by Gasteiger charge is -2.08. The summed E-state index contributed by atoms with van der Waals surface area (Å²) in [5.74, 6) is -1.00. The Kier molecular flexibility index (Phi) is 9.00.